The summed E-state index contributed by atoms with van der Waals surface area (Å²) >= 11 is 1.28. The maximum absolute atomic E-state index is 8.48. The van der Waals surface area contributed by atoms with E-state index >= 15 is 0 Å². The minimum Gasteiger partial charge on any atom is -0.283 e. The van der Waals surface area contributed by atoms with Crippen molar-refractivity contribution >= 4 is 27.8 Å². The van der Waals surface area contributed by atoms with Crippen LogP contribution in [0, 0.1) is 17.7 Å². The first-order chi connectivity index (χ1) is 13.0. The summed E-state index contributed by atoms with van der Waals surface area (Å²) in [4.78, 5) is 5.31. The highest BCUT2D eigenvalue weighted by molar-refractivity contribution is 8.13. The molecule has 4 rings (SSSR count). The van der Waals surface area contributed by atoms with Crippen LogP contribution < -0.4 is 5.49 Å². The Kier molecular flexibility index (Phi) is 4.33. The van der Waals surface area contributed by atoms with Crippen molar-refractivity contribution in [2.45, 2.75) is 11.8 Å². The topological polar surface area (TPSA) is 96.2 Å². The molecule has 0 unspecified atom stereocenters. The Balaban J connectivity index is 1.69. The summed E-state index contributed by atoms with van der Waals surface area (Å²) < 4.78 is 3.03. The van der Waals surface area contributed by atoms with Gasteiger partial charge in [-0.2, -0.15) is 14.9 Å². The fourth-order valence-corrected chi connectivity index (χ4v) is 3.59. The highest BCUT2D eigenvalue weighted by atomic mass is 32.2. The Labute approximate surface area is 159 Å². The molecule has 0 amide bonds. The van der Waals surface area contributed by atoms with Gasteiger partial charge in [-0.15, -0.1) is 0 Å². The van der Waals surface area contributed by atoms with E-state index in [4.69, 9.17) is 10.8 Å². The number of benzene rings is 1. The van der Waals surface area contributed by atoms with E-state index < -0.39 is 0 Å². The first kappa shape index (κ1) is 17.2. The molecule has 0 aliphatic rings. The fourth-order valence-electron chi connectivity index (χ4n) is 2.75. The molecule has 0 radical (unpaired) electrons. The van der Waals surface area contributed by atoms with Gasteiger partial charge in [0.05, 0.1) is 17.4 Å². The lowest BCUT2D eigenvalue weighted by atomic mass is 10.1. The minimum atomic E-state index is 0.153. The molecule has 3 heterocycles. The van der Waals surface area contributed by atoms with E-state index in [2.05, 4.69) is 15.2 Å². The summed E-state index contributed by atoms with van der Waals surface area (Å²) in [6.45, 7) is 2.00. The molecule has 7 nitrogen and oxygen atoms in total. The third-order valence-corrected chi connectivity index (χ3v) is 5.16. The van der Waals surface area contributed by atoms with Crippen LogP contribution >= 0.6 is 11.8 Å². The van der Waals surface area contributed by atoms with Crippen LogP contribution in [0.1, 0.15) is 5.56 Å². The average molecular weight is 375 g/mol. The van der Waals surface area contributed by atoms with Gasteiger partial charge in [-0.05, 0) is 42.8 Å². The number of hydrogen-bond acceptors (Lipinski definition) is 6. The molecule has 0 fully saturated rings. The van der Waals surface area contributed by atoms with E-state index in [0.29, 0.717) is 5.69 Å². The van der Waals surface area contributed by atoms with Gasteiger partial charge >= 0.3 is 0 Å². The fraction of sp³-hybridized carbons (Fsp3) is 0.105. The Morgan fingerprint density at radius 3 is 2.81 bits per heavy atom. The molecule has 3 aromatic heterocycles. The van der Waals surface area contributed by atoms with Crippen molar-refractivity contribution in [3.05, 3.63) is 66.0 Å². The van der Waals surface area contributed by atoms with Gasteiger partial charge in [-0.3, -0.25) is 20.5 Å². The molecule has 8 heteroatoms. The second-order valence-corrected chi connectivity index (χ2v) is 7.17. The Morgan fingerprint density at radius 1 is 1.19 bits per heavy atom. The molecule has 0 saturated carbocycles. The number of pyridine rings is 1. The standard InChI is InChI=1S/C19H17N7S/c1-12-8-16-13(4-3-7-22-16)9-17(12)27-19(21)26-18(20)6-5-15(24-26)14-10-23-25(2)11-14/h3-11,20-21H,1-2H3. The molecule has 134 valence electrons. The van der Waals surface area contributed by atoms with Gasteiger partial charge in [0, 0.05) is 35.3 Å². The molecule has 1 aromatic carbocycles. The van der Waals surface area contributed by atoms with Crippen molar-refractivity contribution in [3.8, 4) is 11.3 Å². The lowest BCUT2D eigenvalue weighted by molar-refractivity contribution is 0.767. The van der Waals surface area contributed by atoms with Crippen LogP contribution in [-0.4, -0.2) is 29.7 Å². The van der Waals surface area contributed by atoms with Crippen LogP contribution in [0.4, 0.5) is 0 Å². The van der Waals surface area contributed by atoms with Gasteiger partial charge in [0.25, 0.3) is 0 Å². The minimum absolute atomic E-state index is 0.153. The van der Waals surface area contributed by atoms with Crippen LogP contribution in [-0.2, 0) is 7.05 Å². The molecule has 0 saturated heterocycles. The number of aromatic nitrogens is 5. The number of hydrogen-bond donors (Lipinski definition) is 2. The largest absolute Gasteiger partial charge is 0.283 e. The van der Waals surface area contributed by atoms with Gasteiger partial charge in [0.1, 0.15) is 5.49 Å². The van der Waals surface area contributed by atoms with Crippen molar-refractivity contribution in [2.75, 3.05) is 0 Å². The van der Waals surface area contributed by atoms with Gasteiger partial charge in [-0.25, -0.2) is 0 Å². The normalized spacial score (nSPS) is 11.0. The third-order valence-electron chi connectivity index (χ3n) is 4.13. The maximum atomic E-state index is 8.48. The zero-order valence-electron chi connectivity index (χ0n) is 14.8. The molecule has 0 aliphatic carbocycles. The Bertz CT molecular complexity index is 1220. The average Bonchev–Trinajstić information content (AvgIpc) is 3.09. The van der Waals surface area contributed by atoms with Crippen molar-refractivity contribution in [1.29, 1.82) is 10.8 Å². The highest BCUT2D eigenvalue weighted by Crippen LogP contribution is 2.27. The SMILES string of the molecule is Cc1cc2ncccc2cc1SC(=N)n1nc(-c2cnn(C)c2)ccc1=N. The van der Waals surface area contributed by atoms with E-state index in [1.165, 1.54) is 16.4 Å². The third kappa shape index (κ3) is 3.39. The smallest absolute Gasteiger partial charge is 0.188 e. The predicted molar refractivity (Wildman–Crippen MR) is 106 cm³/mol. The number of fused-ring (bicyclic) bond motifs is 1. The number of nitrogens with one attached hydrogen (secondary N) is 2. The second kappa shape index (κ2) is 6.81. The highest BCUT2D eigenvalue weighted by Gasteiger charge is 2.11. The Morgan fingerprint density at radius 2 is 2.04 bits per heavy atom. The summed E-state index contributed by atoms with van der Waals surface area (Å²) in [6, 6.07) is 11.3. The van der Waals surface area contributed by atoms with Gasteiger partial charge in [0.2, 0.25) is 0 Å². The first-order valence-electron chi connectivity index (χ1n) is 8.27. The number of rotatable bonds is 2. The molecule has 4 aromatic rings. The van der Waals surface area contributed by atoms with Crippen molar-refractivity contribution in [1.82, 2.24) is 24.5 Å². The second-order valence-electron chi connectivity index (χ2n) is 6.14. The molecule has 0 bridgehead atoms. The maximum Gasteiger partial charge on any atom is 0.188 e. The first-order valence-corrected chi connectivity index (χ1v) is 9.09. The Hall–Kier alpha value is -3.26. The van der Waals surface area contributed by atoms with Crippen molar-refractivity contribution in [3.63, 3.8) is 0 Å². The van der Waals surface area contributed by atoms with E-state index in [-0.39, 0.29) is 10.7 Å². The van der Waals surface area contributed by atoms with Crippen LogP contribution in [0.5, 0.6) is 0 Å². The van der Waals surface area contributed by atoms with E-state index in [1.807, 2.05) is 44.4 Å². The van der Waals surface area contributed by atoms with Crippen LogP contribution in [0.25, 0.3) is 22.2 Å². The number of thioether (sulfide) groups is 1. The summed E-state index contributed by atoms with van der Waals surface area (Å²) in [7, 11) is 1.84. The zero-order valence-corrected chi connectivity index (χ0v) is 15.7. The van der Waals surface area contributed by atoms with Crippen LogP contribution in [0.15, 0.2) is 59.9 Å². The quantitative estimate of drug-likeness (QED) is 0.319. The molecular formula is C19H17N7S. The molecule has 27 heavy (non-hydrogen) atoms. The molecule has 2 N–H and O–H groups in total. The monoisotopic (exact) mass is 375 g/mol. The summed E-state index contributed by atoms with van der Waals surface area (Å²) in [5.41, 5.74) is 3.63. The predicted octanol–water partition coefficient (Wildman–Crippen LogP) is 3.19. The summed E-state index contributed by atoms with van der Waals surface area (Å²) in [6.07, 6.45) is 5.34. The zero-order chi connectivity index (χ0) is 19.0. The van der Waals surface area contributed by atoms with E-state index in [1.54, 1.807) is 29.2 Å². The molecular weight excluding hydrogens is 358 g/mol. The van der Waals surface area contributed by atoms with Crippen LogP contribution in [0.3, 0.4) is 0 Å². The van der Waals surface area contributed by atoms with Crippen molar-refractivity contribution in [2.24, 2.45) is 7.05 Å². The summed E-state index contributed by atoms with van der Waals surface area (Å²) in [5, 5.41) is 26.4. The number of nitrogens with zero attached hydrogens (tertiary/aromatic N) is 5. The molecule has 0 atom stereocenters. The molecule has 0 aliphatic heterocycles. The molecule has 0 spiro atoms. The lowest BCUT2D eigenvalue weighted by Crippen LogP contribution is -2.27. The van der Waals surface area contributed by atoms with E-state index in [9.17, 15) is 0 Å². The summed E-state index contributed by atoms with van der Waals surface area (Å²) in [5.74, 6) is 0. The van der Waals surface area contributed by atoms with Crippen LogP contribution in [0.2, 0.25) is 0 Å². The van der Waals surface area contributed by atoms with E-state index in [0.717, 1.165) is 26.9 Å². The van der Waals surface area contributed by atoms with Gasteiger partial charge in [-0.1, -0.05) is 17.8 Å². The lowest BCUT2D eigenvalue weighted by Gasteiger charge is -2.11. The van der Waals surface area contributed by atoms with Crippen molar-refractivity contribution < 1.29 is 0 Å². The van der Waals surface area contributed by atoms with Gasteiger partial charge < -0.3 is 0 Å². The van der Waals surface area contributed by atoms with Gasteiger partial charge in [0.15, 0.2) is 5.17 Å². The number of aryl methyl sites for hydroxylation is 2.